The van der Waals surface area contributed by atoms with Crippen molar-refractivity contribution in [3.8, 4) is 5.75 Å². The van der Waals surface area contributed by atoms with E-state index in [9.17, 15) is 14.7 Å². The Morgan fingerprint density at radius 2 is 1.76 bits per heavy atom. The predicted molar refractivity (Wildman–Crippen MR) is 115 cm³/mol. The molecule has 6 heteroatoms. The third-order valence-electron chi connectivity index (χ3n) is 4.54. The highest BCUT2D eigenvalue weighted by molar-refractivity contribution is 6.39. The second-order valence-corrected chi connectivity index (χ2v) is 6.67. The fourth-order valence-electron chi connectivity index (χ4n) is 2.95. The molecule has 0 saturated heterocycles. The van der Waals surface area contributed by atoms with E-state index in [1.807, 2.05) is 36.4 Å². The molecule has 0 aliphatic rings. The predicted octanol–water partition coefficient (Wildman–Crippen LogP) is 3.98. The van der Waals surface area contributed by atoms with Gasteiger partial charge in [-0.1, -0.05) is 55.8 Å². The molecule has 0 atom stereocenters. The minimum absolute atomic E-state index is 0.0364. The zero-order valence-electron chi connectivity index (χ0n) is 16.2. The van der Waals surface area contributed by atoms with Gasteiger partial charge in [0.2, 0.25) is 0 Å². The summed E-state index contributed by atoms with van der Waals surface area (Å²) in [6.45, 7) is 2.14. The number of aryl methyl sites for hydroxylation is 1. The lowest BCUT2D eigenvalue weighted by atomic mass is 10.0. The minimum atomic E-state index is -0.893. The number of unbranched alkanes of at least 4 members (excludes halogenated alkanes) is 1. The molecule has 0 aromatic heterocycles. The molecule has 0 spiro atoms. The second-order valence-electron chi connectivity index (χ2n) is 6.67. The van der Waals surface area contributed by atoms with Crippen LogP contribution in [0.15, 0.2) is 65.8 Å². The summed E-state index contributed by atoms with van der Waals surface area (Å²) in [4.78, 5) is 24.0. The first-order valence-corrected chi connectivity index (χ1v) is 9.52. The minimum Gasteiger partial charge on any atom is -0.507 e. The molecule has 0 aliphatic heterocycles. The van der Waals surface area contributed by atoms with Crippen LogP contribution in [0.5, 0.6) is 5.75 Å². The summed E-state index contributed by atoms with van der Waals surface area (Å²) in [6.07, 6.45) is 4.54. The Hall–Kier alpha value is -3.67. The molecule has 0 fully saturated rings. The molecule has 2 amide bonds. The summed E-state index contributed by atoms with van der Waals surface area (Å²) in [5, 5.41) is 18.1. The maximum Gasteiger partial charge on any atom is 0.329 e. The van der Waals surface area contributed by atoms with E-state index >= 15 is 0 Å². The lowest BCUT2D eigenvalue weighted by Gasteiger charge is -2.06. The molecule has 0 saturated carbocycles. The van der Waals surface area contributed by atoms with Crippen LogP contribution in [0.1, 0.15) is 30.9 Å². The smallest absolute Gasteiger partial charge is 0.329 e. The van der Waals surface area contributed by atoms with Crippen molar-refractivity contribution in [1.82, 2.24) is 5.43 Å². The number of benzene rings is 3. The number of carbonyl (C=O) groups is 2. The average Bonchev–Trinajstić information content (AvgIpc) is 2.74. The molecule has 3 rings (SSSR count). The van der Waals surface area contributed by atoms with Crippen LogP contribution in [0, 0.1) is 0 Å². The molecule has 0 heterocycles. The summed E-state index contributed by atoms with van der Waals surface area (Å²) < 4.78 is 0. The fraction of sp³-hybridized carbons (Fsp3) is 0.174. The van der Waals surface area contributed by atoms with E-state index in [0.29, 0.717) is 11.3 Å². The SMILES string of the molecule is CCCCc1ccc(NC(=O)C(=O)N/N=C\c2c(O)ccc3ccccc23)cc1. The number of aromatic hydroxyl groups is 1. The summed E-state index contributed by atoms with van der Waals surface area (Å²) in [7, 11) is 0. The van der Waals surface area contributed by atoms with Gasteiger partial charge < -0.3 is 10.4 Å². The number of nitrogens with zero attached hydrogens (tertiary/aromatic N) is 1. The monoisotopic (exact) mass is 389 g/mol. The Bertz CT molecular complexity index is 1040. The van der Waals surface area contributed by atoms with Gasteiger partial charge in [0.25, 0.3) is 0 Å². The maximum atomic E-state index is 12.0. The number of amides is 2. The van der Waals surface area contributed by atoms with E-state index in [0.717, 1.165) is 30.0 Å². The second kappa shape index (κ2) is 9.50. The summed E-state index contributed by atoms with van der Waals surface area (Å²) in [5.74, 6) is -1.67. The average molecular weight is 389 g/mol. The molecule has 29 heavy (non-hydrogen) atoms. The van der Waals surface area contributed by atoms with E-state index in [-0.39, 0.29) is 5.75 Å². The fourth-order valence-corrected chi connectivity index (χ4v) is 2.95. The highest BCUT2D eigenvalue weighted by Crippen LogP contribution is 2.25. The van der Waals surface area contributed by atoms with Crippen molar-refractivity contribution in [3.63, 3.8) is 0 Å². The summed E-state index contributed by atoms with van der Waals surface area (Å²) in [6, 6.07) is 18.3. The molecule has 0 bridgehead atoms. The number of anilines is 1. The van der Waals surface area contributed by atoms with Crippen LogP contribution in [0.25, 0.3) is 10.8 Å². The van der Waals surface area contributed by atoms with E-state index < -0.39 is 11.8 Å². The molecule has 0 radical (unpaired) electrons. The number of nitrogens with one attached hydrogen (secondary N) is 2. The molecule has 0 aliphatic carbocycles. The Labute approximate surface area is 169 Å². The van der Waals surface area contributed by atoms with Gasteiger partial charge in [-0.2, -0.15) is 5.10 Å². The van der Waals surface area contributed by atoms with Crippen LogP contribution in [0.3, 0.4) is 0 Å². The lowest BCUT2D eigenvalue weighted by molar-refractivity contribution is -0.136. The van der Waals surface area contributed by atoms with Gasteiger partial charge in [0, 0.05) is 11.3 Å². The first kappa shape index (κ1) is 20.1. The molecule has 3 N–H and O–H groups in total. The number of carbonyl (C=O) groups excluding carboxylic acids is 2. The van der Waals surface area contributed by atoms with Crippen molar-refractivity contribution < 1.29 is 14.7 Å². The van der Waals surface area contributed by atoms with Crippen LogP contribution in [-0.2, 0) is 16.0 Å². The number of hydrazone groups is 1. The van der Waals surface area contributed by atoms with Gasteiger partial charge >= 0.3 is 11.8 Å². The third-order valence-corrected chi connectivity index (χ3v) is 4.54. The zero-order valence-corrected chi connectivity index (χ0v) is 16.2. The third kappa shape index (κ3) is 5.19. The molecular formula is C23H23N3O3. The number of fused-ring (bicyclic) bond motifs is 1. The van der Waals surface area contributed by atoms with Gasteiger partial charge in [-0.05, 0) is 47.4 Å². The van der Waals surface area contributed by atoms with Crippen LogP contribution in [-0.4, -0.2) is 23.1 Å². The molecule has 3 aromatic rings. The highest BCUT2D eigenvalue weighted by Gasteiger charge is 2.13. The quantitative estimate of drug-likeness (QED) is 0.338. The van der Waals surface area contributed by atoms with Crippen molar-refractivity contribution in [2.24, 2.45) is 5.10 Å². The maximum absolute atomic E-state index is 12.0. The largest absolute Gasteiger partial charge is 0.507 e. The van der Waals surface area contributed by atoms with Crippen LogP contribution in [0.2, 0.25) is 0 Å². The van der Waals surface area contributed by atoms with Crippen molar-refractivity contribution in [2.45, 2.75) is 26.2 Å². The first-order valence-electron chi connectivity index (χ1n) is 9.52. The van der Waals surface area contributed by atoms with Crippen LogP contribution >= 0.6 is 0 Å². The Morgan fingerprint density at radius 3 is 2.52 bits per heavy atom. The molecular weight excluding hydrogens is 366 g/mol. The number of phenolic OH excluding ortho intramolecular Hbond substituents is 1. The van der Waals surface area contributed by atoms with Crippen molar-refractivity contribution in [1.29, 1.82) is 0 Å². The van der Waals surface area contributed by atoms with Crippen molar-refractivity contribution >= 4 is 34.5 Å². The lowest BCUT2D eigenvalue weighted by Crippen LogP contribution is -2.32. The van der Waals surface area contributed by atoms with Gasteiger partial charge in [0.05, 0.1) is 6.21 Å². The van der Waals surface area contributed by atoms with Crippen LogP contribution in [0.4, 0.5) is 5.69 Å². The van der Waals surface area contributed by atoms with E-state index in [2.05, 4.69) is 22.8 Å². The molecule has 148 valence electrons. The normalized spacial score (nSPS) is 10.9. The number of hydrogen-bond acceptors (Lipinski definition) is 4. The van der Waals surface area contributed by atoms with Crippen molar-refractivity contribution in [3.05, 3.63) is 71.8 Å². The standard InChI is InChI=1S/C23H23N3O3/c1-2-3-6-16-9-12-18(13-10-16)25-22(28)23(29)26-24-15-20-19-8-5-4-7-17(19)11-14-21(20)27/h4-5,7-15,27H,2-3,6H2,1H3,(H,25,28)(H,26,29)/b24-15-. The number of phenols is 1. The molecule has 0 unspecified atom stereocenters. The zero-order chi connectivity index (χ0) is 20.6. The molecule has 3 aromatic carbocycles. The Morgan fingerprint density at radius 1 is 1.00 bits per heavy atom. The number of hydrogen-bond donors (Lipinski definition) is 3. The van der Waals surface area contributed by atoms with Gasteiger partial charge in [-0.25, -0.2) is 5.43 Å². The highest BCUT2D eigenvalue weighted by atomic mass is 16.3. The van der Waals surface area contributed by atoms with Crippen LogP contribution < -0.4 is 10.7 Å². The first-order chi connectivity index (χ1) is 14.1. The van der Waals surface area contributed by atoms with Gasteiger partial charge in [0.1, 0.15) is 5.75 Å². The topological polar surface area (TPSA) is 90.8 Å². The number of rotatable bonds is 6. The van der Waals surface area contributed by atoms with E-state index in [1.54, 1.807) is 24.3 Å². The Balaban J connectivity index is 1.61. The van der Waals surface area contributed by atoms with Gasteiger partial charge in [-0.15, -0.1) is 0 Å². The van der Waals surface area contributed by atoms with Crippen molar-refractivity contribution in [2.75, 3.05) is 5.32 Å². The summed E-state index contributed by atoms with van der Waals surface area (Å²) in [5.41, 5.74) is 4.39. The molecule has 6 nitrogen and oxygen atoms in total. The Kier molecular flexibility index (Phi) is 6.58. The summed E-state index contributed by atoms with van der Waals surface area (Å²) >= 11 is 0. The van der Waals surface area contributed by atoms with Gasteiger partial charge in [-0.3, -0.25) is 9.59 Å². The van der Waals surface area contributed by atoms with E-state index in [4.69, 9.17) is 0 Å². The van der Waals surface area contributed by atoms with Gasteiger partial charge in [0.15, 0.2) is 0 Å². The van der Waals surface area contributed by atoms with E-state index in [1.165, 1.54) is 11.8 Å².